The zero-order valence-corrected chi connectivity index (χ0v) is 20.3. The molecule has 35 heavy (non-hydrogen) atoms. The molecule has 0 unspecified atom stereocenters. The van der Waals surface area contributed by atoms with Gasteiger partial charge in [0.05, 0.1) is 24.9 Å². The van der Waals surface area contributed by atoms with E-state index in [1.807, 2.05) is 18.3 Å². The summed E-state index contributed by atoms with van der Waals surface area (Å²) < 4.78 is 25.9. The van der Waals surface area contributed by atoms with Gasteiger partial charge in [0.15, 0.2) is 11.6 Å². The summed E-state index contributed by atoms with van der Waals surface area (Å²) in [5, 5.41) is 4.07. The summed E-state index contributed by atoms with van der Waals surface area (Å²) in [6.07, 6.45) is 3.02. The highest BCUT2D eigenvalue weighted by molar-refractivity contribution is 5.95. The number of nitrogens with zero attached hydrogens (tertiary/aromatic N) is 4. The van der Waals surface area contributed by atoms with Gasteiger partial charge in [-0.3, -0.25) is 0 Å². The Morgan fingerprint density at radius 1 is 1.11 bits per heavy atom. The molecular weight excluding hydrogens is 445 g/mol. The molecule has 3 saturated heterocycles. The Balaban J connectivity index is 1.35. The molecule has 184 valence electrons. The summed E-state index contributed by atoms with van der Waals surface area (Å²) in [7, 11) is 3.68. The normalized spacial score (nSPS) is 22.8. The second kappa shape index (κ2) is 9.24. The van der Waals surface area contributed by atoms with Gasteiger partial charge in [0.2, 0.25) is 5.88 Å². The number of halogens is 1. The smallest absolute Gasteiger partial charge is 0.213 e. The zero-order chi connectivity index (χ0) is 23.9. The van der Waals surface area contributed by atoms with Gasteiger partial charge in [0.1, 0.15) is 0 Å². The third kappa shape index (κ3) is 4.41. The van der Waals surface area contributed by atoms with Crippen LogP contribution in [-0.2, 0) is 0 Å². The van der Waals surface area contributed by atoms with Gasteiger partial charge in [-0.15, -0.1) is 0 Å². The molecule has 3 fully saturated rings. The number of piperidine rings is 1. The first-order valence-electron chi connectivity index (χ1n) is 12.5. The molecule has 3 aliphatic rings. The Hall–Kier alpha value is -2.97. The second-order valence-electron chi connectivity index (χ2n) is 10.2. The molecule has 2 aromatic heterocycles. The largest absolute Gasteiger partial charge is 0.494 e. The third-order valence-electron chi connectivity index (χ3n) is 7.77. The van der Waals surface area contributed by atoms with E-state index in [9.17, 15) is 4.39 Å². The molecule has 3 aromatic rings. The monoisotopic (exact) mass is 477 g/mol. The molecule has 2 atom stereocenters. The molecule has 1 N–H and O–H groups in total. The van der Waals surface area contributed by atoms with Crippen molar-refractivity contribution in [2.24, 2.45) is 17.8 Å². The van der Waals surface area contributed by atoms with Crippen LogP contribution in [0.1, 0.15) is 6.42 Å². The highest BCUT2D eigenvalue weighted by atomic mass is 19.1. The van der Waals surface area contributed by atoms with Crippen LogP contribution in [0.3, 0.4) is 0 Å². The molecular formula is C27H32FN5O2. The number of methoxy groups -OCH3 is 1. The van der Waals surface area contributed by atoms with Crippen LogP contribution in [0.15, 0.2) is 36.5 Å². The summed E-state index contributed by atoms with van der Waals surface area (Å²) in [4.78, 5) is 14.2. The molecule has 1 aromatic carbocycles. The lowest BCUT2D eigenvalue weighted by Crippen LogP contribution is -2.45. The summed E-state index contributed by atoms with van der Waals surface area (Å²) in [5.41, 5.74) is 3.47. The molecule has 7 nitrogen and oxygen atoms in total. The minimum absolute atomic E-state index is 0.206. The van der Waals surface area contributed by atoms with Gasteiger partial charge in [-0.2, -0.15) is 0 Å². The van der Waals surface area contributed by atoms with Gasteiger partial charge in [0, 0.05) is 73.6 Å². The number of fused-ring (bicyclic) bond motifs is 2. The fourth-order valence-corrected chi connectivity index (χ4v) is 5.61. The van der Waals surface area contributed by atoms with E-state index in [0.717, 1.165) is 67.1 Å². The number of aromatic nitrogens is 2. The highest BCUT2D eigenvalue weighted by Gasteiger charge is 2.37. The van der Waals surface area contributed by atoms with E-state index in [1.165, 1.54) is 13.5 Å². The number of anilines is 1. The van der Waals surface area contributed by atoms with Crippen molar-refractivity contribution in [2.45, 2.75) is 6.42 Å². The predicted octanol–water partition coefficient (Wildman–Crippen LogP) is 3.43. The van der Waals surface area contributed by atoms with Crippen LogP contribution in [0.25, 0.3) is 22.2 Å². The Bertz CT molecular complexity index is 1220. The lowest BCUT2D eigenvalue weighted by atomic mass is 9.89. The van der Waals surface area contributed by atoms with Crippen LogP contribution in [0.2, 0.25) is 0 Å². The lowest BCUT2D eigenvalue weighted by Gasteiger charge is -2.31. The highest BCUT2D eigenvalue weighted by Crippen LogP contribution is 2.39. The summed E-state index contributed by atoms with van der Waals surface area (Å²) in [6, 6.07) is 9.26. The van der Waals surface area contributed by atoms with E-state index in [0.29, 0.717) is 30.2 Å². The number of rotatable bonds is 6. The minimum atomic E-state index is -0.364. The van der Waals surface area contributed by atoms with Crippen LogP contribution in [0, 0.1) is 23.6 Å². The van der Waals surface area contributed by atoms with Crippen molar-refractivity contribution in [1.29, 1.82) is 0 Å². The van der Waals surface area contributed by atoms with E-state index >= 15 is 0 Å². The maximum absolute atomic E-state index is 14.8. The van der Waals surface area contributed by atoms with Crippen LogP contribution in [-0.4, -0.2) is 74.9 Å². The van der Waals surface area contributed by atoms with Crippen molar-refractivity contribution in [3.05, 3.63) is 42.3 Å². The van der Waals surface area contributed by atoms with Crippen LogP contribution < -0.4 is 19.7 Å². The van der Waals surface area contributed by atoms with E-state index in [-0.39, 0.29) is 11.6 Å². The van der Waals surface area contributed by atoms with Crippen LogP contribution in [0.5, 0.6) is 11.6 Å². The fourth-order valence-electron chi connectivity index (χ4n) is 5.61. The maximum atomic E-state index is 14.8. The van der Waals surface area contributed by atoms with Crippen molar-refractivity contribution in [3.8, 4) is 22.9 Å². The Morgan fingerprint density at radius 2 is 1.97 bits per heavy atom. The average Bonchev–Trinajstić information content (AvgIpc) is 3.25. The molecule has 0 radical (unpaired) electrons. The minimum Gasteiger partial charge on any atom is -0.494 e. The van der Waals surface area contributed by atoms with Gasteiger partial charge in [-0.05, 0) is 50.0 Å². The zero-order valence-electron chi connectivity index (χ0n) is 20.3. The SMILES string of the molecule is COc1cc2nc(-c3ccc(OCC4CNC4)nc3)cc(N3C[C@H]4CN(C)CC[C@H]4C3)c2cc1F. The summed E-state index contributed by atoms with van der Waals surface area (Å²) in [6.45, 7) is 6.90. The second-order valence-corrected chi connectivity index (χ2v) is 10.2. The predicted molar refractivity (Wildman–Crippen MR) is 135 cm³/mol. The number of likely N-dealkylation sites (tertiary alicyclic amines) is 1. The molecule has 0 spiro atoms. The first kappa shape index (κ1) is 22.5. The molecule has 0 amide bonds. The quantitative estimate of drug-likeness (QED) is 0.584. The van der Waals surface area contributed by atoms with Crippen molar-refractivity contribution in [3.63, 3.8) is 0 Å². The van der Waals surface area contributed by atoms with E-state index in [2.05, 4.69) is 33.2 Å². The summed E-state index contributed by atoms with van der Waals surface area (Å²) in [5.74, 6) is 2.32. The van der Waals surface area contributed by atoms with E-state index < -0.39 is 0 Å². The van der Waals surface area contributed by atoms with Gasteiger partial charge in [-0.25, -0.2) is 14.4 Å². The first-order chi connectivity index (χ1) is 17.1. The molecule has 6 rings (SSSR count). The van der Waals surface area contributed by atoms with E-state index in [4.69, 9.17) is 14.5 Å². The molecule has 0 saturated carbocycles. The van der Waals surface area contributed by atoms with Gasteiger partial charge >= 0.3 is 0 Å². The van der Waals surface area contributed by atoms with Crippen LogP contribution in [0.4, 0.5) is 10.1 Å². The Labute approximate surface area is 205 Å². The number of pyridine rings is 2. The van der Waals surface area contributed by atoms with Gasteiger partial charge in [-0.1, -0.05) is 0 Å². The van der Waals surface area contributed by atoms with Crippen molar-refractivity contribution in [1.82, 2.24) is 20.2 Å². The van der Waals surface area contributed by atoms with E-state index in [1.54, 1.807) is 12.1 Å². The molecule has 0 bridgehead atoms. The fraction of sp³-hybridized carbons (Fsp3) is 0.481. The molecule has 3 aliphatic heterocycles. The molecule has 0 aliphatic carbocycles. The number of nitrogens with one attached hydrogen (secondary N) is 1. The average molecular weight is 478 g/mol. The third-order valence-corrected chi connectivity index (χ3v) is 7.77. The Kier molecular flexibility index (Phi) is 5.94. The standard InChI is InChI=1S/C27H32FN5O2/c1-32-6-5-19-14-33(15-20(19)13-32)25-8-23(31-24-9-26(34-2)22(28)7-21(24)25)18-3-4-27(30-12-18)35-16-17-10-29-11-17/h3-4,7-9,12,17,19-20,29H,5-6,10-11,13-16H2,1-2H3/t19-,20+/m0/s1. The van der Waals surface area contributed by atoms with Gasteiger partial charge < -0.3 is 24.6 Å². The van der Waals surface area contributed by atoms with Crippen molar-refractivity contribution >= 4 is 16.6 Å². The maximum Gasteiger partial charge on any atom is 0.213 e. The van der Waals surface area contributed by atoms with Crippen molar-refractivity contribution < 1.29 is 13.9 Å². The number of benzene rings is 1. The molecule has 8 heteroatoms. The number of hydrogen-bond donors (Lipinski definition) is 1. The molecule has 5 heterocycles. The first-order valence-corrected chi connectivity index (χ1v) is 12.5. The summed E-state index contributed by atoms with van der Waals surface area (Å²) >= 11 is 0. The number of ether oxygens (including phenoxy) is 2. The number of hydrogen-bond acceptors (Lipinski definition) is 7. The van der Waals surface area contributed by atoms with Crippen LogP contribution >= 0.6 is 0 Å². The van der Waals surface area contributed by atoms with Gasteiger partial charge in [0.25, 0.3) is 0 Å². The lowest BCUT2D eigenvalue weighted by molar-refractivity contribution is 0.178. The topological polar surface area (TPSA) is 62.8 Å². The Morgan fingerprint density at radius 3 is 2.71 bits per heavy atom. The van der Waals surface area contributed by atoms with Crippen molar-refractivity contribution in [2.75, 3.05) is 64.9 Å².